The first-order chi connectivity index (χ1) is 11.2. The van der Waals surface area contributed by atoms with Crippen molar-refractivity contribution in [2.75, 3.05) is 39.5 Å². The molecule has 5 nitrogen and oxygen atoms in total. The Morgan fingerprint density at radius 2 is 2.09 bits per heavy atom. The highest BCUT2D eigenvalue weighted by Gasteiger charge is 2.29. The number of carbonyl (C=O) groups is 1. The van der Waals surface area contributed by atoms with Crippen LogP contribution < -0.4 is 0 Å². The number of hydrogen-bond donors (Lipinski definition) is 0. The van der Waals surface area contributed by atoms with Crippen LogP contribution in [0.3, 0.4) is 0 Å². The molecule has 5 heteroatoms. The molecule has 3 rings (SSSR count). The molecule has 1 amide bonds. The van der Waals surface area contributed by atoms with Crippen molar-refractivity contribution >= 4 is 5.91 Å². The summed E-state index contributed by atoms with van der Waals surface area (Å²) < 4.78 is 11.1. The molecule has 1 atom stereocenters. The number of nitrogens with zero attached hydrogens (tertiary/aromatic N) is 2. The maximum Gasteiger partial charge on any atom is 0.225 e. The highest BCUT2D eigenvalue weighted by molar-refractivity contribution is 5.79. The van der Waals surface area contributed by atoms with E-state index in [2.05, 4.69) is 11.1 Å². The monoisotopic (exact) mass is 318 g/mol. The molecule has 0 bridgehead atoms. The summed E-state index contributed by atoms with van der Waals surface area (Å²) in [6.07, 6.45) is 2.56. The van der Waals surface area contributed by atoms with E-state index in [1.54, 1.807) is 0 Å². The summed E-state index contributed by atoms with van der Waals surface area (Å²) in [7, 11) is 0. The zero-order chi connectivity index (χ0) is 16.1. The van der Waals surface area contributed by atoms with Gasteiger partial charge in [-0.2, -0.15) is 0 Å². The largest absolute Gasteiger partial charge is 0.381 e. The van der Waals surface area contributed by atoms with Gasteiger partial charge in [0.05, 0.1) is 13.2 Å². The SMILES string of the molecule is Cc1cccc(C[C@H]2COCCN(C(=O)C3CCOCC3)C2)n1. The van der Waals surface area contributed by atoms with Gasteiger partial charge in [0.2, 0.25) is 5.91 Å². The van der Waals surface area contributed by atoms with Crippen LogP contribution in [-0.2, 0) is 20.7 Å². The number of amides is 1. The predicted molar refractivity (Wildman–Crippen MR) is 87.1 cm³/mol. The maximum absolute atomic E-state index is 12.8. The fourth-order valence-electron chi connectivity index (χ4n) is 3.42. The van der Waals surface area contributed by atoms with Gasteiger partial charge in [-0.1, -0.05) is 6.07 Å². The molecule has 0 aliphatic carbocycles. The fourth-order valence-corrected chi connectivity index (χ4v) is 3.42. The van der Waals surface area contributed by atoms with Crippen molar-refractivity contribution < 1.29 is 14.3 Å². The molecule has 0 saturated carbocycles. The molecule has 0 radical (unpaired) electrons. The normalized spacial score (nSPS) is 23.5. The number of hydrogen-bond acceptors (Lipinski definition) is 4. The van der Waals surface area contributed by atoms with Gasteiger partial charge in [-0.3, -0.25) is 9.78 Å². The van der Waals surface area contributed by atoms with Crippen LogP contribution in [0.25, 0.3) is 0 Å². The Morgan fingerprint density at radius 3 is 2.87 bits per heavy atom. The third-order valence-electron chi connectivity index (χ3n) is 4.66. The summed E-state index contributed by atoms with van der Waals surface area (Å²) >= 11 is 0. The van der Waals surface area contributed by atoms with Crippen molar-refractivity contribution in [1.82, 2.24) is 9.88 Å². The average Bonchev–Trinajstić information content (AvgIpc) is 2.80. The van der Waals surface area contributed by atoms with Crippen LogP contribution in [0.15, 0.2) is 18.2 Å². The quantitative estimate of drug-likeness (QED) is 0.853. The van der Waals surface area contributed by atoms with E-state index >= 15 is 0 Å². The molecule has 0 spiro atoms. The molecule has 0 aromatic carbocycles. The van der Waals surface area contributed by atoms with Crippen molar-refractivity contribution in [1.29, 1.82) is 0 Å². The van der Waals surface area contributed by atoms with E-state index < -0.39 is 0 Å². The van der Waals surface area contributed by atoms with E-state index in [4.69, 9.17) is 9.47 Å². The molecule has 1 aromatic heterocycles. The molecule has 126 valence electrons. The number of rotatable bonds is 3. The zero-order valence-corrected chi connectivity index (χ0v) is 13.9. The highest BCUT2D eigenvalue weighted by atomic mass is 16.5. The van der Waals surface area contributed by atoms with Crippen molar-refractivity contribution in [3.8, 4) is 0 Å². The van der Waals surface area contributed by atoms with Crippen LogP contribution >= 0.6 is 0 Å². The zero-order valence-electron chi connectivity index (χ0n) is 13.9. The van der Waals surface area contributed by atoms with E-state index in [1.807, 2.05) is 24.0 Å². The minimum Gasteiger partial charge on any atom is -0.381 e. The molecular weight excluding hydrogens is 292 g/mol. The Bertz CT molecular complexity index is 529. The van der Waals surface area contributed by atoms with E-state index in [0.29, 0.717) is 38.9 Å². The first-order valence-corrected chi connectivity index (χ1v) is 8.59. The standard InChI is InChI=1S/C18H26N2O3/c1-14-3-2-4-17(19-14)11-15-12-20(7-10-23-13-15)18(21)16-5-8-22-9-6-16/h2-4,15-16H,5-13H2,1H3/t15-/m1/s1. The Balaban J connectivity index is 1.62. The molecule has 2 fully saturated rings. The van der Waals surface area contributed by atoms with Gasteiger partial charge in [-0.25, -0.2) is 0 Å². The number of aromatic nitrogens is 1. The first-order valence-electron chi connectivity index (χ1n) is 8.59. The lowest BCUT2D eigenvalue weighted by Gasteiger charge is -2.29. The molecule has 2 saturated heterocycles. The van der Waals surface area contributed by atoms with Gasteiger partial charge in [0.25, 0.3) is 0 Å². The number of ether oxygens (including phenoxy) is 2. The number of pyridine rings is 1. The summed E-state index contributed by atoms with van der Waals surface area (Å²) in [6, 6.07) is 6.11. The average molecular weight is 318 g/mol. The second kappa shape index (κ2) is 7.88. The van der Waals surface area contributed by atoms with Crippen molar-refractivity contribution in [2.24, 2.45) is 11.8 Å². The van der Waals surface area contributed by atoms with Crippen LogP contribution in [0, 0.1) is 18.8 Å². The molecule has 0 unspecified atom stereocenters. The predicted octanol–water partition coefficient (Wildman–Crippen LogP) is 1.83. The van der Waals surface area contributed by atoms with E-state index in [-0.39, 0.29) is 11.8 Å². The molecule has 2 aliphatic heterocycles. The Labute approximate surface area is 138 Å². The van der Waals surface area contributed by atoms with Crippen molar-refractivity contribution in [2.45, 2.75) is 26.2 Å². The lowest BCUT2D eigenvalue weighted by molar-refractivity contribution is -0.138. The Morgan fingerprint density at radius 1 is 1.26 bits per heavy atom. The molecule has 2 aliphatic rings. The third kappa shape index (κ3) is 4.52. The Kier molecular flexibility index (Phi) is 5.62. The highest BCUT2D eigenvalue weighted by Crippen LogP contribution is 2.20. The van der Waals surface area contributed by atoms with Gasteiger partial charge in [0, 0.05) is 49.5 Å². The molecule has 3 heterocycles. The lowest BCUT2D eigenvalue weighted by Crippen LogP contribution is -2.41. The van der Waals surface area contributed by atoms with Crippen LogP contribution in [0.4, 0.5) is 0 Å². The third-order valence-corrected chi connectivity index (χ3v) is 4.66. The summed E-state index contributed by atoms with van der Waals surface area (Å²) in [4.78, 5) is 19.3. The first kappa shape index (κ1) is 16.4. The topological polar surface area (TPSA) is 51.7 Å². The van der Waals surface area contributed by atoms with Gasteiger partial charge in [0.1, 0.15) is 0 Å². The fraction of sp³-hybridized carbons (Fsp3) is 0.667. The van der Waals surface area contributed by atoms with Crippen LogP contribution in [0.1, 0.15) is 24.2 Å². The van der Waals surface area contributed by atoms with E-state index in [1.165, 1.54) is 0 Å². The molecule has 23 heavy (non-hydrogen) atoms. The Hall–Kier alpha value is -1.46. The van der Waals surface area contributed by atoms with Gasteiger partial charge in [-0.15, -0.1) is 0 Å². The number of aryl methyl sites for hydroxylation is 1. The second-order valence-electron chi connectivity index (χ2n) is 6.59. The minimum atomic E-state index is 0.125. The lowest BCUT2D eigenvalue weighted by atomic mass is 9.97. The summed E-state index contributed by atoms with van der Waals surface area (Å²) in [5, 5.41) is 0. The van der Waals surface area contributed by atoms with Gasteiger partial charge < -0.3 is 14.4 Å². The van der Waals surface area contributed by atoms with Gasteiger partial charge in [0.15, 0.2) is 0 Å². The maximum atomic E-state index is 12.8. The second-order valence-corrected chi connectivity index (χ2v) is 6.59. The summed E-state index contributed by atoms with van der Waals surface area (Å²) in [5.41, 5.74) is 2.12. The van der Waals surface area contributed by atoms with Crippen LogP contribution in [0.2, 0.25) is 0 Å². The van der Waals surface area contributed by atoms with Crippen LogP contribution in [-0.4, -0.2) is 55.3 Å². The van der Waals surface area contributed by atoms with Crippen molar-refractivity contribution in [3.63, 3.8) is 0 Å². The molecular formula is C18H26N2O3. The molecule has 0 N–H and O–H groups in total. The van der Waals surface area contributed by atoms with Crippen LogP contribution in [0.5, 0.6) is 0 Å². The number of carbonyl (C=O) groups excluding carboxylic acids is 1. The van der Waals surface area contributed by atoms with Gasteiger partial charge >= 0.3 is 0 Å². The summed E-state index contributed by atoms with van der Waals surface area (Å²) in [6.45, 7) is 6.22. The van der Waals surface area contributed by atoms with E-state index in [9.17, 15) is 4.79 Å². The van der Waals surface area contributed by atoms with Crippen molar-refractivity contribution in [3.05, 3.63) is 29.6 Å². The van der Waals surface area contributed by atoms with Gasteiger partial charge in [-0.05, 0) is 38.3 Å². The smallest absolute Gasteiger partial charge is 0.225 e. The summed E-state index contributed by atoms with van der Waals surface area (Å²) in [5.74, 6) is 0.719. The minimum absolute atomic E-state index is 0.125. The molecule has 1 aromatic rings. The van der Waals surface area contributed by atoms with E-state index in [0.717, 1.165) is 37.2 Å².